The Morgan fingerprint density at radius 3 is 2.42 bits per heavy atom. The first-order valence-electron chi connectivity index (χ1n) is 10.7. The summed E-state index contributed by atoms with van der Waals surface area (Å²) in [4.78, 5) is 12.6. The molecule has 1 atom stereocenters. The van der Waals surface area contributed by atoms with Gasteiger partial charge in [0.05, 0.1) is 11.7 Å². The quantitative estimate of drug-likeness (QED) is 0.610. The largest absolute Gasteiger partial charge is 0.433 e. The van der Waals surface area contributed by atoms with Gasteiger partial charge in [-0.05, 0) is 51.1 Å². The molecule has 176 valence electrons. The summed E-state index contributed by atoms with van der Waals surface area (Å²) < 4.78 is 40.3. The number of aromatic nitrogens is 4. The molecule has 0 radical (unpaired) electrons. The summed E-state index contributed by atoms with van der Waals surface area (Å²) in [7, 11) is 2.09. The van der Waals surface area contributed by atoms with E-state index in [2.05, 4.69) is 42.3 Å². The molecule has 0 amide bonds. The van der Waals surface area contributed by atoms with Crippen LogP contribution in [0.2, 0.25) is 0 Å². The number of fused-ring (bicyclic) bond motifs is 1. The topological polar surface area (TPSA) is 96.1 Å². The highest BCUT2D eigenvalue weighted by Crippen LogP contribution is 2.35. The summed E-state index contributed by atoms with van der Waals surface area (Å²) in [5.74, 6) is 1.13. The molecule has 1 aliphatic heterocycles. The van der Waals surface area contributed by atoms with Gasteiger partial charge in [0.1, 0.15) is 17.3 Å². The summed E-state index contributed by atoms with van der Waals surface area (Å²) in [6.07, 6.45) is -2.81. The van der Waals surface area contributed by atoms with E-state index in [1.54, 1.807) is 13.1 Å². The number of aryl methyl sites for hydroxylation is 1. The molecule has 11 heteroatoms. The number of nitrogen functional groups attached to an aromatic ring is 1. The average molecular weight is 461 g/mol. The van der Waals surface area contributed by atoms with Gasteiger partial charge < -0.3 is 20.9 Å². The number of piperazine rings is 1. The molecular formula is C22H27F3N8. The first-order valence-corrected chi connectivity index (χ1v) is 10.7. The predicted molar refractivity (Wildman–Crippen MR) is 122 cm³/mol. The molecule has 0 aliphatic carbocycles. The smallest absolute Gasteiger partial charge is 0.384 e. The highest BCUT2D eigenvalue weighted by molar-refractivity contribution is 5.94. The van der Waals surface area contributed by atoms with Gasteiger partial charge in [0.2, 0.25) is 0 Å². The fourth-order valence-electron chi connectivity index (χ4n) is 4.13. The van der Waals surface area contributed by atoms with Gasteiger partial charge in [0.25, 0.3) is 0 Å². The van der Waals surface area contributed by atoms with Crippen LogP contribution in [0, 0.1) is 13.8 Å². The lowest BCUT2D eigenvalue weighted by atomic mass is 10.0. The second kappa shape index (κ2) is 8.62. The zero-order chi connectivity index (χ0) is 23.9. The molecule has 0 bridgehead atoms. The lowest BCUT2D eigenvalue weighted by molar-refractivity contribution is -0.141. The third kappa shape index (κ3) is 4.63. The Hall–Kier alpha value is -3.21. The second-order valence-electron chi connectivity index (χ2n) is 8.49. The van der Waals surface area contributed by atoms with Crippen molar-refractivity contribution in [2.75, 3.05) is 49.2 Å². The fourth-order valence-corrected chi connectivity index (χ4v) is 4.13. The number of nitrogens with two attached hydrogens (primary N) is 1. The molecule has 3 aromatic rings. The van der Waals surface area contributed by atoms with Crippen molar-refractivity contribution in [1.82, 2.24) is 25.1 Å². The van der Waals surface area contributed by atoms with Gasteiger partial charge in [-0.15, -0.1) is 5.10 Å². The monoisotopic (exact) mass is 460 g/mol. The highest BCUT2D eigenvalue weighted by Gasteiger charge is 2.36. The van der Waals surface area contributed by atoms with Gasteiger partial charge in [0.15, 0.2) is 5.82 Å². The second-order valence-corrected chi connectivity index (χ2v) is 8.49. The SMILES string of the molecule is Cc1c([C@@H](C)Nc2nnc(C)c3cnc(N4CCN(C)CC4)cc23)cc(N)nc1C(F)(F)F. The van der Waals surface area contributed by atoms with E-state index < -0.39 is 17.9 Å². The van der Waals surface area contributed by atoms with E-state index >= 15 is 0 Å². The molecule has 4 rings (SSSR count). The Labute approximate surface area is 190 Å². The van der Waals surface area contributed by atoms with Crippen LogP contribution < -0.4 is 16.0 Å². The number of hydrogen-bond donors (Lipinski definition) is 2. The van der Waals surface area contributed by atoms with Crippen molar-refractivity contribution >= 4 is 28.2 Å². The van der Waals surface area contributed by atoms with Crippen molar-refractivity contribution in [1.29, 1.82) is 0 Å². The number of pyridine rings is 2. The number of alkyl halides is 3. The first-order chi connectivity index (χ1) is 15.5. The van der Waals surface area contributed by atoms with Crippen LogP contribution in [0.5, 0.6) is 0 Å². The summed E-state index contributed by atoms with van der Waals surface area (Å²) in [5.41, 5.74) is 5.87. The average Bonchev–Trinajstić information content (AvgIpc) is 2.76. The molecule has 3 aromatic heterocycles. The maximum absolute atomic E-state index is 13.4. The normalized spacial score (nSPS) is 16.3. The van der Waals surface area contributed by atoms with E-state index in [-0.39, 0.29) is 11.4 Å². The predicted octanol–water partition coefficient (Wildman–Crippen LogP) is 3.56. The van der Waals surface area contributed by atoms with Crippen LogP contribution in [0.25, 0.3) is 10.8 Å². The molecule has 1 saturated heterocycles. The van der Waals surface area contributed by atoms with Crippen molar-refractivity contribution in [3.8, 4) is 0 Å². The number of halogens is 3. The molecule has 0 spiro atoms. The van der Waals surface area contributed by atoms with Crippen LogP contribution in [0.1, 0.15) is 35.5 Å². The van der Waals surface area contributed by atoms with Crippen LogP contribution >= 0.6 is 0 Å². The van der Waals surface area contributed by atoms with Crippen molar-refractivity contribution in [2.45, 2.75) is 33.0 Å². The van der Waals surface area contributed by atoms with Gasteiger partial charge in [-0.25, -0.2) is 9.97 Å². The molecule has 4 heterocycles. The number of rotatable bonds is 4. The Balaban J connectivity index is 1.71. The minimum Gasteiger partial charge on any atom is -0.384 e. The maximum atomic E-state index is 13.4. The van der Waals surface area contributed by atoms with E-state index in [4.69, 9.17) is 5.73 Å². The third-order valence-electron chi connectivity index (χ3n) is 6.08. The Bertz CT molecular complexity index is 1170. The molecule has 1 fully saturated rings. The van der Waals surface area contributed by atoms with Gasteiger partial charge in [0, 0.05) is 43.1 Å². The summed E-state index contributed by atoms with van der Waals surface area (Å²) >= 11 is 0. The number of anilines is 3. The van der Waals surface area contributed by atoms with E-state index in [9.17, 15) is 13.2 Å². The number of nitrogens with one attached hydrogen (secondary N) is 1. The van der Waals surface area contributed by atoms with E-state index in [1.807, 2.05) is 13.0 Å². The zero-order valence-electron chi connectivity index (χ0n) is 19.0. The molecule has 33 heavy (non-hydrogen) atoms. The Morgan fingerprint density at radius 1 is 1.06 bits per heavy atom. The molecule has 1 aliphatic rings. The fraction of sp³-hybridized carbons (Fsp3) is 0.455. The molecule has 0 unspecified atom stereocenters. The van der Waals surface area contributed by atoms with Crippen LogP contribution in [-0.4, -0.2) is 58.3 Å². The van der Waals surface area contributed by atoms with E-state index in [0.717, 1.165) is 48.5 Å². The highest BCUT2D eigenvalue weighted by atomic mass is 19.4. The lowest BCUT2D eigenvalue weighted by Crippen LogP contribution is -2.44. The number of likely N-dealkylation sites (N-methyl/N-ethyl adjacent to an activating group) is 1. The van der Waals surface area contributed by atoms with Crippen LogP contribution in [0.15, 0.2) is 18.3 Å². The molecule has 3 N–H and O–H groups in total. The number of nitrogens with zero attached hydrogens (tertiary/aromatic N) is 6. The van der Waals surface area contributed by atoms with Crippen LogP contribution in [0.4, 0.5) is 30.6 Å². The summed E-state index contributed by atoms with van der Waals surface area (Å²) in [6, 6.07) is 2.91. The van der Waals surface area contributed by atoms with Gasteiger partial charge in [-0.2, -0.15) is 18.3 Å². The van der Waals surface area contributed by atoms with Gasteiger partial charge in [-0.1, -0.05) is 0 Å². The van der Waals surface area contributed by atoms with Crippen molar-refractivity contribution in [3.63, 3.8) is 0 Å². The van der Waals surface area contributed by atoms with Gasteiger partial charge >= 0.3 is 6.18 Å². The van der Waals surface area contributed by atoms with Gasteiger partial charge in [-0.3, -0.25) is 0 Å². The third-order valence-corrected chi connectivity index (χ3v) is 6.08. The minimum absolute atomic E-state index is 0.0286. The first kappa shape index (κ1) is 23.0. The summed E-state index contributed by atoms with van der Waals surface area (Å²) in [6.45, 7) is 8.63. The lowest BCUT2D eigenvalue weighted by Gasteiger charge is -2.33. The van der Waals surface area contributed by atoms with Crippen LogP contribution in [0.3, 0.4) is 0 Å². The maximum Gasteiger partial charge on any atom is 0.433 e. The standard InChI is InChI=1S/C22H27F3N8/c1-12-15(9-18(26)29-20(12)22(23,24)25)13(2)28-21-16-10-19(33-7-5-32(4)6-8-33)27-11-17(16)14(3)30-31-21/h9-11,13H,5-8H2,1-4H3,(H2,26,29)(H,28,31)/t13-/m1/s1. The van der Waals surface area contributed by atoms with Crippen molar-refractivity contribution in [2.24, 2.45) is 0 Å². The van der Waals surface area contributed by atoms with Crippen molar-refractivity contribution < 1.29 is 13.2 Å². The Morgan fingerprint density at radius 2 is 1.76 bits per heavy atom. The number of hydrogen-bond acceptors (Lipinski definition) is 8. The van der Waals surface area contributed by atoms with E-state index in [0.29, 0.717) is 11.4 Å². The van der Waals surface area contributed by atoms with E-state index in [1.165, 1.54) is 13.0 Å². The minimum atomic E-state index is -4.59. The zero-order valence-corrected chi connectivity index (χ0v) is 19.0. The van der Waals surface area contributed by atoms with Crippen LogP contribution in [-0.2, 0) is 6.18 Å². The Kier molecular flexibility index (Phi) is 6.00. The molecular weight excluding hydrogens is 433 g/mol. The molecule has 0 saturated carbocycles. The molecule has 8 nitrogen and oxygen atoms in total. The molecule has 0 aromatic carbocycles. The summed E-state index contributed by atoms with van der Waals surface area (Å²) in [5, 5.41) is 13.4. The van der Waals surface area contributed by atoms with Crippen molar-refractivity contribution in [3.05, 3.63) is 40.8 Å².